The van der Waals surface area contributed by atoms with E-state index < -0.39 is 11.9 Å². The van der Waals surface area contributed by atoms with Gasteiger partial charge in [-0.3, -0.25) is 4.79 Å². The summed E-state index contributed by atoms with van der Waals surface area (Å²) in [5.41, 5.74) is 7.73. The molecule has 0 radical (unpaired) electrons. The van der Waals surface area contributed by atoms with Gasteiger partial charge in [0.2, 0.25) is 0 Å². The molecule has 0 atom stereocenters. The lowest BCUT2D eigenvalue weighted by molar-refractivity contribution is 0.0725. The number of methoxy groups -OCH3 is 1. The average molecular weight is 482 g/mol. The highest BCUT2D eigenvalue weighted by molar-refractivity contribution is 6.04. The minimum absolute atomic E-state index is 0.299. The van der Waals surface area contributed by atoms with Crippen molar-refractivity contribution >= 4 is 29.2 Å². The molecule has 3 N–H and O–H groups in total. The van der Waals surface area contributed by atoms with Gasteiger partial charge in [0.15, 0.2) is 0 Å². The Morgan fingerprint density at radius 3 is 1.50 bits per heavy atom. The highest BCUT2D eigenvalue weighted by atomic mass is 16.5. The van der Waals surface area contributed by atoms with Crippen LogP contribution in [0.5, 0.6) is 17.2 Å². The number of ether oxygens (including phenoxy) is 3. The summed E-state index contributed by atoms with van der Waals surface area (Å²) in [6.07, 6.45) is 0. The van der Waals surface area contributed by atoms with E-state index in [-0.39, 0.29) is 5.91 Å². The molecule has 0 bridgehead atoms. The number of carbonyl (C=O) groups excluding carboxylic acids is 3. The van der Waals surface area contributed by atoms with Crippen molar-refractivity contribution in [3.63, 3.8) is 0 Å². The van der Waals surface area contributed by atoms with Crippen molar-refractivity contribution in [3.8, 4) is 17.2 Å². The SMILES string of the molecule is COc1ccc(OC(=O)c2ccc(NC(=O)c3ccc(OC(=O)c4ccc(N)cc4)cc3)cc2)cc1. The van der Waals surface area contributed by atoms with Gasteiger partial charge < -0.3 is 25.3 Å². The number of nitrogen functional groups attached to an aromatic ring is 1. The standard InChI is InChI=1S/C28H22N2O6/c1-34-23-14-16-25(17-15-23)36-28(33)20-4-10-22(11-5-20)30-26(31)18-6-12-24(13-7-18)35-27(32)19-2-8-21(29)9-3-19/h2-17H,29H2,1H3,(H,30,31). The Balaban J connectivity index is 1.32. The second-order valence-electron chi connectivity index (χ2n) is 7.63. The van der Waals surface area contributed by atoms with Crippen LogP contribution in [0.15, 0.2) is 97.1 Å². The van der Waals surface area contributed by atoms with E-state index in [2.05, 4.69) is 5.32 Å². The number of esters is 2. The molecule has 0 aliphatic carbocycles. The first-order chi connectivity index (χ1) is 17.4. The monoisotopic (exact) mass is 482 g/mol. The van der Waals surface area contributed by atoms with Crippen molar-refractivity contribution in [1.29, 1.82) is 0 Å². The molecule has 0 fully saturated rings. The number of anilines is 2. The number of nitrogens with two attached hydrogens (primary N) is 1. The molecule has 0 aliphatic rings. The zero-order valence-corrected chi connectivity index (χ0v) is 19.3. The summed E-state index contributed by atoms with van der Waals surface area (Å²) < 4.78 is 15.7. The normalized spacial score (nSPS) is 10.2. The molecule has 4 rings (SSSR count). The summed E-state index contributed by atoms with van der Waals surface area (Å²) in [6.45, 7) is 0. The molecule has 0 aliphatic heterocycles. The van der Waals surface area contributed by atoms with Gasteiger partial charge in [-0.1, -0.05) is 0 Å². The van der Waals surface area contributed by atoms with Gasteiger partial charge in [-0.25, -0.2) is 9.59 Å². The molecule has 0 heterocycles. The average Bonchev–Trinajstić information content (AvgIpc) is 2.90. The molecule has 36 heavy (non-hydrogen) atoms. The van der Waals surface area contributed by atoms with E-state index in [9.17, 15) is 14.4 Å². The van der Waals surface area contributed by atoms with Gasteiger partial charge in [0.25, 0.3) is 5.91 Å². The number of nitrogens with one attached hydrogen (secondary N) is 1. The Hall–Kier alpha value is -5.11. The summed E-state index contributed by atoms with van der Waals surface area (Å²) in [5.74, 6) is -0.0717. The second kappa shape index (κ2) is 10.9. The number of benzene rings is 4. The van der Waals surface area contributed by atoms with Crippen molar-refractivity contribution < 1.29 is 28.6 Å². The first-order valence-electron chi connectivity index (χ1n) is 10.9. The van der Waals surface area contributed by atoms with Crippen LogP contribution in [0.25, 0.3) is 0 Å². The third-order valence-corrected chi connectivity index (χ3v) is 5.12. The Labute approximate surface area is 207 Å². The van der Waals surface area contributed by atoms with Crippen LogP contribution in [0, 0.1) is 0 Å². The molecule has 4 aromatic carbocycles. The van der Waals surface area contributed by atoms with Crippen LogP contribution in [0.1, 0.15) is 31.1 Å². The third-order valence-electron chi connectivity index (χ3n) is 5.12. The first kappa shape index (κ1) is 24.0. The molecule has 0 saturated heterocycles. The molecule has 1 amide bonds. The third kappa shape index (κ3) is 6.06. The molecule has 8 heteroatoms. The van der Waals surface area contributed by atoms with Crippen molar-refractivity contribution in [1.82, 2.24) is 0 Å². The van der Waals surface area contributed by atoms with E-state index in [0.717, 1.165) is 0 Å². The van der Waals surface area contributed by atoms with Gasteiger partial charge in [-0.15, -0.1) is 0 Å². The van der Waals surface area contributed by atoms with E-state index in [1.165, 1.54) is 12.1 Å². The lowest BCUT2D eigenvalue weighted by atomic mass is 10.1. The highest BCUT2D eigenvalue weighted by Crippen LogP contribution is 2.20. The van der Waals surface area contributed by atoms with Crippen LogP contribution in [0.4, 0.5) is 11.4 Å². The summed E-state index contributed by atoms with van der Waals surface area (Å²) in [4.78, 5) is 37.1. The van der Waals surface area contributed by atoms with E-state index in [0.29, 0.717) is 45.3 Å². The minimum Gasteiger partial charge on any atom is -0.497 e. The Morgan fingerprint density at radius 2 is 1.00 bits per heavy atom. The summed E-state index contributed by atoms with van der Waals surface area (Å²) in [7, 11) is 1.55. The molecule has 180 valence electrons. The lowest BCUT2D eigenvalue weighted by Gasteiger charge is -2.08. The van der Waals surface area contributed by atoms with Crippen LogP contribution in [-0.2, 0) is 0 Å². The highest BCUT2D eigenvalue weighted by Gasteiger charge is 2.12. The van der Waals surface area contributed by atoms with Crippen molar-refractivity contribution in [2.45, 2.75) is 0 Å². The van der Waals surface area contributed by atoms with Gasteiger partial charge in [-0.05, 0) is 97.1 Å². The Morgan fingerprint density at radius 1 is 0.583 bits per heavy atom. The van der Waals surface area contributed by atoms with Crippen molar-refractivity contribution in [2.75, 3.05) is 18.2 Å². The van der Waals surface area contributed by atoms with E-state index >= 15 is 0 Å². The van der Waals surface area contributed by atoms with Gasteiger partial charge >= 0.3 is 11.9 Å². The maximum absolute atomic E-state index is 12.6. The van der Waals surface area contributed by atoms with Crippen LogP contribution in [0.2, 0.25) is 0 Å². The quantitative estimate of drug-likeness (QED) is 0.217. The molecule has 4 aromatic rings. The predicted molar refractivity (Wildman–Crippen MR) is 135 cm³/mol. The van der Waals surface area contributed by atoms with Crippen LogP contribution in [0.3, 0.4) is 0 Å². The maximum Gasteiger partial charge on any atom is 0.343 e. The fourth-order valence-electron chi connectivity index (χ4n) is 3.16. The second-order valence-corrected chi connectivity index (χ2v) is 7.63. The number of rotatable bonds is 7. The molecular weight excluding hydrogens is 460 g/mol. The van der Waals surface area contributed by atoms with Gasteiger partial charge in [0.1, 0.15) is 17.2 Å². The predicted octanol–water partition coefficient (Wildman–Crippen LogP) is 4.97. The molecule has 0 spiro atoms. The summed E-state index contributed by atoms with van der Waals surface area (Å²) in [6, 6.07) is 25.5. The largest absolute Gasteiger partial charge is 0.497 e. The topological polar surface area (TPSA) is 117 Å². The first-order valence-corrected chi connectivity index (χ1v) is 10.9. The van der Waals surface area contributed by atoms with E-state index in [1.807, 2.05) is 0 Å². The molecule has 0 aromatic heterocycles. The van der Waals surface area contributed by atoms with Gasteiger partial charge in [-0.2, -0.15) is 0 Å². The zero-order valence-electron chi connectivity index (χ0n) is 19.3. The molecular formula is C28H22N2O6. The maximum atomic E-state index is 12.6. The molecule has 0 unspecified atom stereocenters. The number of hydrogen-bond acceptors (Lipinski definition) is 7. The van der Waals surface area contributed by atoms with Crippen LogP contribution in [-0.4, -0.2) is 25.0 Å². The fourth-order valence-corrected chi connectivity index (χ4v) is 3.16. The lowest BCUT2D eigenvalue weighted by Crippen LogP contribution is -2.13. The molecule has 8 nitrogen and oxygen atoms in total. The van der Waals surface area contributed by atoms with Crippen LogP contribution >= 0.6 is 0 Å². The Kier molecular flexibility index (Phi) is 7.26. The summed E-state index contributed by atoms with van der Waals surface area (Å²) >= 11 is 0. The van der Waals surface area contributed by atoms with E-state index in [1.54, 1.807) is 92.0 Å². The van der Waals surface area contributed by atoms with Gasteiger partial charge in [0.05, 0.1) is 18.2 Å². The number of amides is 1. The van der Waals surface area contributed by atoms with Crippen molar-refractivity contribution in [2.24, 2.45) is 0 Å². The fraction of sp³-hybridized carbons (Fsp3) is 0.0357. The van der Waals surface area contributed by atoms with E-state index in [4.69, 9.17) is 19.9 Å². The van der Waals surface area contributed by atoms with Crippen LogP contribution < -0.4 is 25.3 Å². The minimum atomic E-state index is -0.530. The van der Waals surface area contributed by atoms with Crippen molar-refractivity contribution in [3.05, 3.63) is 114 Å². The summed E-state index contributed by atoms with van der Waals surface area (Å²) in [5, 5.41) is 2.75. The molecule has 0 saturated carbocycles. The Bertz CT molecular complexity index is 1360. The number of carbonyl (C=O) groups is 3. The zero-order chi connectivity index (χ0) is 25.5. The number of hydrogen-bond donors (Lipinski definition) is 2. The van der Waals surface area contributed by atoms with Gasteiger partial charge in [0, 0.05) is 16.9 Å². The smallest absolute Gasteiger partial charge is 0.343 e.